The molecule has 4 aromatic rings. The highest BCUT2D eigenvalue weighted by Crippen LogP contribution is 2.46. The van der Waals surface area contributed by atoms with E-state index in [1.54, 1.807) is 32.1 Å². The van der Waals surface area contributed by atoms with Crippen LogP contribution in [0.5, 0.6) is 5.75 Å². The Morgan fingerprint density at radius 2 is 1.92 bits per heavy atom. The fourth-order valence-electron chi connectivity index (χ4n) is 5.37. The van der Waals surface area contributed by atoms with Gasteiger partial charge in [0.05, 0.1) is 39.4 Å². The number of carboxylic acid groups (broad SMARTS) is 1. The van der Waals surface area contributed by atoms with Gasteiger partial charge in [-0.2, -0.15) is 0 Å². The second kappa shape index (κ2) is 10.0. The third-order valence-corrected chi connectivity index (χ3v) is 8.15. The van der Waals surface area contributed by atoms with Crippen LogP contribution in [0.1, 0.15) is 74.1 Å². The molecule has 6 rings (SSSR count). The number of ether oxygens (including phenoxy) is 1. The van der Waals surface area contributed by atoms with Gasteiger partial charge in [0.2, 0.25) is 0 Å². The predicted molar refractivity (Wildman–Crippen MR) is 149 cm³/mol. The molecule has 0 atom stereocenters. The van der Waals surface area contributed by atoms with Crippen LogP contribution in [0.2, 0.25) is 0 Å². The van der Waals surface area contributed by atoms with Gasteiger partial charge in [-0.3, -0.25) is 9.78 Å². The highest BCUT2D eigenvalue weighted by molar-refractivity contribution is 7.19. The Labute approximate surface area is 221 Å². The summed E-state index contributed by atoms with van der Waals surface area (Å²) in [7, 11) is 0. The van der Waals surface area contributed by atoms with Gasteiger partial charge in [0.15, 0.2) is 0 Å². The van der Waals surface area contributed by atoms with E-state index in [1.807, 2.05) is 25.3 Å². The maximum Gasteiger partial charge on any atom is 0.307 e. The molecule has 0 spiro atoms. The third-order valence-electron chi connectivity index (χ3n) is 6.90. The number of benzene rings is 2. The van der Waals surface area contributed by atoms with Crippen molar-refractivity contribution in [1.82, 2.24) is 9.97 Å². The molecule has 6 nitrogen and oxygen atoms in total. The second-order valence-electron chi connectivity index (χ2n) is 11.1. The molecule has 0 unspecified atom stereocenters. The summed E-state index contributed by atoms with van der Waals surface area (Å²) in [6, 6.07) is 8.19. The lowest BCUT2D eigenvalue weighted by Gasteiger charge is -2.21. The molecule has 194 valence electrons. The molecule has 2 aromatic heterocycles. The van der Waals surface area contributed by atoms with Gasteiger partial charge in [-0.1, -0.05) is 12.8 Å². The summed E-state index contributed by atoms with van der Waals surface area (Å²) < 4.78 is 7.00. The van der Waals surface area contributed by atoms with E-state index < -0.39 is 11.6 Å². The molecule has 1 aliphatic heterocycles. The highest BCUT2D eigenvalue weighted by atomic mass is 32.1. The average molecular weight is 519 g/mol. The first kappa shape index (κ1) is 25.6. The minimum absolute atomic E-state index is 0.0206. The van der Waals surface area contributed by atoms with Crippen LogP contribution in [0.4, 0.5) is 0 Å². The summed E-state index contributed by atoms with van der Waals surface area (Å²) >= 11 is 1.74. The third kappa shape index (κ3) is 5.34. The van der Waals surface area contributed by atoms with E-state index >= 15 is 0 Å². The molecule has 0 bridgehead atoms. The van der Waals surface area contributed by atoms with Crippen molar-refractivity contribution in [2.75, 3.05) is 6.61 Å². The van der Waals surface area contributed by atoms with Crippen LogP contribution in [0, 0.1) is 6.92 Å². The molecular weight excluding hydrogens is 484 g/mol. The number of aryl methyl sites for hydroxylation is 1. The number of fused-ring (bicyclic) bond motifs is 1. The Morgan fingerprint density at radius 3 is 2.62 bits per heavy atom. The van der Waals surface area contributed by atoms with Crippen LogP contribution in [-0.2, 0) is 17.6 Å². The standard InChI is InChI=1S/C26H24N2O3S.C4H10O/c1-14-12-19-25(32-26(28-19)16-4-2-3-5-16)23(18(14)13-21(29)30)17-6-7-20-22-15(9-11-31-20)8-10-27-24(17)22;1-4(2,3)5/h6-8,10,12,16H,2-5,9,11,13H2,1H3,(H,29,30);5H,1-3H3. The van der Waals surface area contributed by atoms with Crippen molar-refractivity contribution in [3.63, 3.8) is 0 Å². The van der Waals surface area contributed by atoms with E-state index in [0.29, 0.717) is 12.5 Å². The van der Waals surface area contributed by atoms with Crippen molar-refractivity contribution in [2.24, 2.45) is 0 Å². The fourth-order valence-corrected chi connectivity index (χ4v) is 6.67. The second-order valence-corrected chi connectivity index (χ2v) is 12.1. The van der Waals surface area contributed by atoms with Gasteiger partial charge in [-0.05, 0) is 81.5 Å². The van der Waals surface area contributed by atoms with Crippen LogP contribution in [0.3, 0.4) is 0 Å². The minimum Gasteiger partial charge on any atom is -0.493 e. The Kier molecular flexibility index (Phi) is 6.94. The molecule has 2 aliphatic rings. The summed E-state index contributed by atoms with van der Waals surface area (Å²) in [5.41, 5.74) is 6.36. The number of aliphatic hydroxyl groups is 1. The predicted octanol–water partition coefficient (Wildman–Crippen LogP) is 6.82. The number of carbonyl (C=O) groups is 1. The molecule has 1 aliphatic carbocycles. The normalized spacial score (nSPS) is 15.5. The molecule has 7 heteroatoms. The van der Waals surface area contributed by atoms with Crippen LogP contribution >= 0.6 is 11.3 Å². The van der Waals surface area contributed by atoms with E-state index in [1.165, 1.54) is 36.3 Å². The minimum atomic E-state index is -0.826. The van der Waals surface area contributed by atoms with Crippen molar-refractivity contribution in [1.29, 1.82) is 0 Å². The molecule has 0 radical (unpaired) electrons. The van der Waals surface area contributed by atoms with E-state index in [-0.39, 0.29) is 6.42 Å². The Morgan fingerprint density at radius 1 is 1.19 bits per heavy atom. The van der Waals surface area contributed by atoms with Crippen LogP contribution < -0.4 is 4.74 Å². The van der Waals surface area contributed by atoms with Crippen molar-refractivity contribution >= 4 is 38.4 Å². The van der Waals surface area contributed by atoms with Crippen molar-refractivity contribution < 1.29 is 19.7 Å². The van der Waals surface area contributed by atoms with Crippen LogP contribution in [0.15, 0.2) is 30.5 Å². The molecule has 37 heavy (non-hydrogen) atoms. The first-order valence-electron chi connectivity index (χ1n) is 13.0. The molecule has 1 fully saturated rings. The summed E-state index contributed by atoms with van der Waals surface area (Å²) in [4.78, 5) is 21.6. The van der Waals surface area contributed by atoms with Crippen LogP contribution in [-0.4, -0.2) is 38.4 Å². The highest BCUT2D eigenvalue weighted by Gasteiger charge is 2.26. The first-order valence-corrected chi connectivity index (χ1v) is 13.8. The van der Waals surface area contributed by atoms with Crippen molar-refractivity contribution in [3.8, 4) is 16.9 Å². The Hall–Kier alpha value is -3.03. The Balaban J connectivity index is 0.000000514. The summed E-state index contributed by atoms with van der Waals surface area (Å²) in [6.07, 6.45) is 7.59. The number of aromatic nitrogens is 2. The zero-order valence-electron chi connectivity index (χ0n) is 21.9. The zero-order chi connectivity index (χ0) is 26.3. The number of nitrogens with zero attached hydrogens (tertiary/aromatic N) is 2. The first-order chi connectivity index (χ1) is 17.6. The van der Waals surface area contributed by atoms with E-state index in [9.17, 15) is 9.90 Å². The van der Waals surface area contributed by atoms with E-state index in [2.05, 4.69) is 12.1 Å². The number of hydrogen-bond donors (Lipinski definition) is 2. The summed E-state index contributed by atoms with van der Waals surface area (Å²) in [5, 5.41) is 20.5. The number of hydrogen-bond acceptors (Lipinski definition) is 6. The molecule has 0 saturated heterocycles. The maximum absolute atomic E-state index is 11.8. The number of rotatable bonds is 4. The van der Waals surface area contributed by atoms with Gasteiger partial charge >= 0.3 is 5.97 Å². The van der Waals surface area contributed by atoms with Gasteiger partial charge in [-0.25, -0.2) is 4.98 Å². The van der Waals surface area contributed by atoms with Gasteiger partial charge in [0.25, 0.3) is 0 Å². The largest absolute Gasteiger partial charge is 0.493 e. The fraction of sp³-hybridized carbons (Fsp3) is 0.433. The smallest absolute Gasteiger partial charge is 0.307 e. The van der Waals surface area contributed by atoms with Crippen molar-refractivity contribution in [3.05, 3.63) is 52.2 Å². The number of thiazole rings is 1. The number of aliphatic carboxylic acids is 1. The van der Waals surface area contributed by atoms with E-state index in [0.717, 1.165) is 55.5 Å². The van der Waals surface area contributed by atoms with Crippen molar-refractivity contribution in [2.45, 2.75) is 77.7 Å². The zero-order valence-corrected chi connectivity index (χ0v) is 22.7. The maximum atomic E-state index is 11.8. The summed E-state index contributed by atoms with van der Waals surface area (Å²) in [6.45, 7) is 7.90. The molecule has 3 heterocycles. The lowest BCUT2D eigenvalue weighted by molar-refractivity contribution is -0.136. The lowest BCUT2D eigenvalue weighted by Crippen LogP contribution is -2.10. The Bertz CT molecular complexity index is 1460. The average Bonchev–Trinajstić information content (AvgIpc) is 3.49. The molecule has 2 aromatic carbocycles. The monoisotopic (exact) mass is 518 g/mol. The lowest BCUT2D eigenvalue weighted by atomic mass is 9.90. The van der Waals surface area contributed by atoms with Gasteiger partial charge in [-0.15, -0.1) is 11.3 Å². The molecule has 2 N–H and O–H groups in total. The molecule has 1 saturated carbocycles. The summed E-state index contributed by atoms with van der Waals surface area (Å²) in [5.74, 6) is 0.553. The number of carboxylic acids is 1. The topological polar surface area (TPSA) is 92.5 Å². The molecule has 0 amide bonds. The van der Waals surface area contributed by atoms with E-state index in [4.69, 9.17) is 19.8 Å². The quantitative estimate of drug-likeness (QED) is 0.308. The van der Waals surface area contributed by atoms with Gasteiger partial charge in [0, 0.05) is 35.0 Å². The van der Waals surface area contributed by atoms with Gasteiger partial charge in [0.1, 0.15) is 5.75 Å². The van der Waals surface area contributed by atoms with Crippen LogP contribution in [0.25, 0.3) is 32.2 Å². The van der Waals surface area contributed by atoms with Gasteiger partial charge < -0.3 is 14.9 Å². The number of pyridine rings is 1. The molecular formula is C30H34N2O4S. The SMILES string of the molecule is CC(C)(C)O.Cc1cc2nc(C3CCCC3)sc2c(-c2ccc3c4c(ccnc24)CCO3)c1CC(=O)O.